The Morgan fingerprint density at radius 1 is 1.00 bits per heavy atom. The zero-order valence-electron chi connectivity index (χ0n) is 22.7. The molecule has 1 aliphatic carbocycles. The fraction of sp³-hybridized carbons (Fsp3) is 0.226. The van der Waals surface area contributed by atoms with Gasteiger partial charge in [0.05, 0.1) is 17.4 Å². The van der Waals surface area contributed by atoms with Gasteiger partial charge < -0.3 is 4.57 Å². The summed E-state index contributed by atoms with van der Waals surface area (Å²) in [5.74, 6) is -0.499. The Labute approximate surface area is 251 Å². The Morgan fingerprint density at radius 2 is 1.84 bits per heavy atom. The number of benzene rings is 2. The monoisotopic (exact) mass is 617 g/mol. The Kier molecular flexibility index (Phi) is 5.74. The molecule has 0 amide bonds. The van der Waals surface area contributed by atoms with Gasteiger partial charge in [0.25, 0.3) is 5.56 Å². The van der Waals surface area contributed by atoms with Crippen LogP contribution in [-0.4, -0.2) is 42.4 Å². The molecule has 8 nitrogen and oxygen atoms in total. The normalized spacial score (nSPS) is 22.0. The molecule has 220 valence electrons. The van der Waals surface area contributed by atoms with Crippen LogP contribution in [0.3, 0.4) is 0 Å². The van der Waals surface area contributed by atoms with Crippen LogP contribution in [0.25, 0.3) is 22.4 Å². The number of nitrogens with zero attached hydrogens (tertiary/aromatic N) is 7. The number of hydrogen-bond donors (Lipinski definition) is 0. The van der Waals surface area contributed by atoms with E-state index in [1.807, 2.05) is 6.07 Å². The molecule has 0 bridgehead atoms. The second kappa shape index (κ2) is 9.39. The Hall–Kier alpha value is -4.71. The molecule has 0 spiro atoms. The SMILES string of the molecule is C=C1Cc2ccc(C3=C(F)N=C(C4C5CC5c5cc(-c6cc(Cl)ccc6-n6cnnn6)cc(=O)n54)C3)cc2N=C1C(F)(F)F. The van der Waals surface area contributed by atoms with E-state index in [0.717, 1.165) is 12.1 Å². The van der Waals surface area contributed by atoms with Gasteiger partial charge in [-0.05, 0) is 75.4 Å². The number of aromatic nitrogens is 5. The zero-order valence-corrected chi connectivity index (χ0v) is 23.4. The van der Waals surface area contributed by atoms with Crippen LogP contribution >= 0.6 is 11.6 Å². The van der Waals surface area contributed by atoms with Gasteiger partial charge in [0.2, 0.25) is 5.95 Å². The first-order valence-corrected chi connectivity index (χ1v) is 14.2. The lowest BCUT2D eigenvalue weighted by Crippen LogP contribution is -2.29. The lowest BCUT2D eigenvalue weighted by molar-refractivity contribution is -0.0583. The van der Waals surface area contributed by atoms with Gasteiger partial charge in [-0.15, -0.1) is 5.10 Å². The summed E-state index contributed by atoms with van der Waals surface area (Å²) < 4.78 is 59.0. The standard InChI is InChI=1S/C31H20ClF4N7O/c1-14-6-16-3-2-15(7-23(16)38-29(14)31(34,35)36)20-12-24(39-30(20)33)28-22-11-21(22)26-8-17(9-27(44)43(26)28)19-10-18(32)4-5-25(19)42-13-37-40-41-42/h2-5,7-10,13,21-22,28H,1,6,11-12H2. The Balaban J connectivity index is 1.12. The van der Waals surface area contributed by atoms with Gasteiger partial charge in [-0.3, -0.25) is 4.79 Å². The highest BCUT2D eigenvalue weighted by atomic mass is 35.5. The van der Waals surface area contributed by atoms with E-state index < -0.39 is 23.9 Å². The third-order valence-corrected chi connectivity index (χ3v) is 8.97. The van der Waals surface area contributed by atoms with Crippen molar-refractivity contribution in [1.29, 1.82) is 0 Å². The molecule has 0 N–H and O–H groups in total. The van der Waals surface area contributed by atoms with Gasteiger partial charge in [0.15, 0.2) is 0 Å². The average molecular weight is 618 g/mol. The topological polar surface area (TPSA) is 90.3 Å². The fourth-order valence-electron chi connectivity index (χ4n) is 6.70. The summed E-state index contributed by atoms with van der Waals surface area (Å²) >= 11 is 6.32. The number of halogens is 5. The van der Waals surface area contributed by atoms with Crippen LogP contribution < -0.4 is 5.56 Å². The molecule has 13 heteroatoms. The number of allylic oxidation sites excluding steroid dienone is 2. The van der Waals surface area contributed by atoms with Gasteiger partial charge in [-0.1, -0.05) is 30.3 Å². The molecule has 0 radical (unpaired) electrons. The molecule has 2 aromatic carbocycles. The molecule has 44 heavy (non-hydrogen) atoms. The molecule has 2 aromatic heterocycles. The Morgan fingerprint density at radius 3 is 2.61 bits per heavy atom. The summed E-state index contributed by atoms with van der Waals surface area (Å²) in [5.41, 5.74) is 3.36. The van der Waals surface area contributed by atoms with Crippen molar-refractivity contribution in [3.05, 3.63) is 105 Å². The number of pyridine rings is 1. The van der Waals surface area contributed by atoms with E-state index in [0.29, 0.717) is 38.7 Å². The zero-order chi connectivity index (χ0) is 30.5. The molecule has 1 fully saturated rings. The van der Waals surface area contributed by atoms with Crippen molar-refractivity contribution in [2.45, 2.75) is 37.4 Å². The average Bonchev–Trinajstić information content (AvgIpc) is 3.28. The summed E-state index contributed by atoms with van der Waals surface area (Å²) in [6.07, 6.45) is -2.21. The van der Waals surface area contributed by atoms with Crippen molar-refractivity contribution in [3.63, 3.8) is 0 Å². The maximum absolute atomic E-state index is 15.4. The Bertz CT molecular complexity index is 2080. The summed E-state index contributed by atoms with van der Waals surface area (Å²) in [4.78, 5) is 21.7. The molecule has 8 rings (SSSR count). The lowest BCUT2D eigenvalue weighted by atomic mass is 9.92. The van der Waals surface area contributed by atoms with Crippen LogP contribution in [0.2, 0.25) is 5.02 Å². The molecule has 3 unspecified atom stereocenters. The van der Waals surface area contributed by atoms with Crippen LogP contribution in [0, 0.1) is 5.92 Å². The molecular weight excluding hydrogens is 598 g/mol. The lowest BCUT2D eigenvalue weighted by Gasteiger charge is -2.21. The van der Waals surface area contributed by atoms with Gasteiger partial charge in [-0.25, -0.2) is 9.98 Å². The maximum Gasteiger partial charge on any atom is 0.433 e. The molecule has 3 atom stereocenters. The summed E-state index contributed by atoms with van der Waals surface area (Å²) in [6, 6.07) is 13.1. The summed E-state index contributed by atoms with van der Waals surface area (Å²) in [5, 5.41) is 11.9. The smallest absolute Gasteiger partial charge is 0.303 e. The number of tetrazole rings is 1. The molecular formula is C31H20ClF4N7O. The highest BCUT2D eigenvalue weighted by Crippen LogP contribution is 2.60. The van der Waals surface area contributed by atoms with Crippen LogP contribution in [0.5, 0.6) is 0 Å². The highest BCUT2D eigenvalue weighted by Gasteiger charge is 2.55. The molecule has 3 aliphatic heterocycles. The van der Waals surface area contributed by atoms with Gasteiger partial charge >= 0.3 is 6.18 Å². The van der Waals surface area contributed by atoms with Crippen LogP contribution in [0.15, 0.2) is 87.7 Å². The van der Waals surface area contributed by atoms with Crippen LogP contribution in [-0.2, 0) is 6.42 Å². The molecule has 0 saturated heterocycles. The minimum atomic E-state index is -4.63. The second-order valence-electron chi connectivity index (χ2n) is 11.4. The van der Waals surface area contributed by atoms with Crippen molar-refractivity contribution in [1.82, 2.24) is 24.8 Å². The van der Waals surface area contributed by atoms with Crippen molar-refractivity contribution in [2.75, 3.05) is 0 Å². The van der Waals surface area contributed by atoms with Crippen LogP contribution in [0.4, 0.5) is 23.2 Å². The minimum absolute atomic E-state index is 0.0104. The predicted octanol–water partition coefficient (Wildman–Crippen LogP) is 6.73. The van der Waals surface area contributed by atoms with Gasteiger partial charge in [0.1, 0.15) is 12.0 Å². The van der Waals surface area contributed by atoms with Crippen molar-refractivity contribution >= 4 is 34.3 Å². The highest BCUT2D eigenvalue weighted by molar-refractivity contribution is 6.31. The minimum Gasteiger partial charge on any atom is -0.303 e. The van der Waals surface area contributed by atoms with Crippen molar-refractivity contribution < 1.29 is 17.6 Å². The van der Waals surface area contributed by atoms with E-state index in [1.165, 1.54) is 23.1 Å². The number of fused-ring (bicyclic) bond motifs is 4. The molecule has 5 heterocycles. The van der Waals surface area contributed by atoms with Crippen LogP contribution in [0.1, 0.15) is 41.6 Å². The number of hydrogen-bond acceptors (Lipinski definition) is 6. The van der Waals surface area contributed by atoms with E-state index in [9.17, 15) is 18.0 Å². The first-order chi connectivity index (χ1) is 21.1. The van der Waals surface area contributed by atoms with Gasteiger partial charge in [-0.2, -0.15) is 22.2 Å². The number of rotatable bonds is 4. The van der Waals surface area contributed by atoms with Gasteiger partial charge in [0, 0.05) is 52.4 Å². The second-order valence-corrected chi connectivity index (χ2v) is 11.8. The van der Waals surface area contributed by atoms with E-state index in [1.54, 1.807) is 34.9 Å². The number of aliphatic imine (C=N–C) groups is 2. The van der Waals surface area contributed by atoms with Crippen molar-refractivity contribution in [2.24, 2.45) is 15.9 Å². The van der Waals surface area contributed by atoms with Crippen molar-refractivity contribution in [3.8, 4) is 16.8 Å². The third kappa shape index (κ3) is 4.19. The number of alkyl halides is 3. The van der Waals surface area contributed by atoms with E-state index in [2.05, 4.69) is 32.1 Å². The molecule has 1 saturated carbocycles. The summed E-state index contributed by atoms with van der Waals surface area (Å²) in [6.45, 7) is 3.52. The quantitative estimate of drug-likeness (QED) is 0.188. The van der Waals surface area contributed by atoms with E-state index in [-0.39, 0.29) is 47.1 Å². The fourth-order valence-corrected chi connectivity index (χ4v) is 6.87. The summed E-state index contributed by atoms with van der Waals surface area (Å²) in [7, 11) is 0. The first kappa shape index (κ1) is 26.9. The van der Waals surface area contributed by atoms with E-state index in [4.69, 9.17) is 11.6 Å². The molecule has 4 aromatic rings. The molecule has 4 aliphatic rings. The maximum atomic E-state index is 15.4. The predicted molar refractivity (Wildman–Crippen MR) is 156 cm³/mol. The largest absolute Gasteiger partial charge is 0.433 e. The van der Waals surface area contributed by atoms with E-state index >= 15 is 4.39 Å². The first-order valence-electron chi connectivity index (χ1n) is 13.8. The third-order valence-electron chi connectivity index (χ3n) is 8.73.